The highest BCUT2D eigenvalue weighted by Gasteiger charge is 2.05. The number of hydrogen-bond donors (Lipinski definition) is 3. The zero-order valence-electron chi connectivity index (χ0n) is 14.4. The van der Waals surface area contributed by atoms with Gasteiger partial charge in [-0.05, 0) is 48.4 Å². The van der Waals surface area contributed by atoms with E-state index in [1.54, 1.807) is 24.3 Å². The Morgan fingerprint density at radius 3 is 2.38 bits per heavy atom. The number of nitrogens with one attached hydrogen (secondary N) is 2. The van der Waals surface area contributed by atoms with Gasteiger partial charge in [-0.15, -0.1) is 0 Å². The van der Waals surface area contributed by atoms with Gasteiger partial charge in [-0.2, -0.15) is 5.10 Å². The minimum atomic E-state index is -1.03. The standard InChI is InChI=1S/C19H21N3O4/c1-2-17(14-8-10-16(11-9-14)26-13-19(24)25)21-22-18(23)12-20-15-6-4-3-5-7-15/h3-11,20H,2,12-13H2,1H3,(H,22,23)(H,24,25)/b21-17-. The van der Waals surface area contributed by atoms with E-state index in [9.17, 15) is 9.59 Å². The SMILES string of the molecule is CC/C(=N/NC(=O)CNc1ccccc1)c1ccc(OCC(=O)O)cc1. The molecular formula is C19H21N3O4. The highest BCUT2D eigenvalue weighted by atomic mass is 16.5. The molecule has 0 aliphatic carbocycles. The first-order valence-electron chi connectivity index (χ1n) is 8.18. The lowest BCUT2D eigenvalue weighted by molar-refractivity contribution is -0.139. The molecule has 7 heteroatoms. The minimum Gasteiger partial charge on any atom is -0.482 e. The molecule has 0 aliphatic rings. The topological polar surface area (TPSA) is 100 Å². The molecule has 0 atom stereocenters. The van der Waals surface area contributed by atoms with Gasteiger partial charge >= 0.3 is 5.97 Å². The van der Waals surface area contributed by atoms with Gasteiger partial charge < -0.3 is 15.2 Å². The van der Waals surface area contributed by atoms with Gasteiger partial charge in [0.15, 0.2) is 6.61 Å². The number of carbonyl (C=O) groups excluding carboxylic acids is 1. The summed E-state index contributed by atoms with van der Waals surface area (Å²) in [7, 11) is 0. The summed E-state index contributed by atoms with van der Waals surface area (Å²) < 4.78 is 5.09. The third-order valence-electron chi connectivity index (χ3n) is 3.43. The second kappa shape index (κ2) is 9.83. The van der Waals surface area contributed by atoms with E-state index in [1.165, 1.54) is 0 Å². The van der Waals surface area contributed by atoms with Crippen LogP contribution < -0.4 is 15.5 Å². The van der Waals surface area contributed by atoms with Crippen molar-refractivity contribution in [2.24, 2.45) is 5.10 Å². The number of benzene rings is 2. The van der Waals surface area contributed by atoms with Crippen molar-refractivity contribution in [2.75, 3.05) is 18.5 Å². The maximum atomic E-state index is 11.9. The Hall–Kier alpha value is -3.35. The number of hydrogen-bond acceptors (Lipinski definition) is 5. The Morgan fingerprint density at radius 1 is 1.08 bits per heavy atom. The summed E-state index contributed by atoms with van der Waals surface area (Å²) in [5.41, 5.74) is 4.93. The maximum absolute atomic E-state index is 11.9. The molecule has 0 aliphatic heterocycles. The van der Waals surface area contributed by atoms with Crippen LogP contribution in [0, 0.1) is 0 Å². The fourth-order valence-electron chi connectivity index (χ4n) is 2.14. The molecule has 3 N–H and O–H groups in total. The van der Waals surface area contributed by atoms with E-state index in [2.05, 4.69) is 15.8 Å². The van der Waals surface area contributed by atoms with Gasteiger partial charge in [0.1, 0.15) is 5.75 Å². The lowest BCUT2D eigenvalue weighted by Gasteiger charge is -2.08. The summed E-state index contributed by atoms with van der Waals surface area (Å²) in [6.07, 6.45) is 0.627. The second-order valence-corrected chi connectivity index (χ2v) is 5.37. The third-order valence-corrected chi connectivity index (χ3v) is 3.43. The number of carboxylic acids is 1. The molecule has 0 fully saturated rings. The zero-order valence-corrected chi connectivity index (χ0v) is 14.4. The second-order valence-electron chi connectivity index (χ2n) is 5.37. The molecule has 1 amide bonds. The summed E-state index contributed by atoms with van der Waals surface area (Å²) in [6, 6.07) is 16.3. The molecule has 26 heavy (non-hydrogen) atoms. The highest BCUT2D eigenvalue weighted by Crippen LogP contribution is 2.14. The zero-order chi connectivity index (χ0) is 18.8. The summed E-state index contributed by atoms with van der Waals surface area (Å²) in [6.45, 7) is 1.66. The van der Waals surface area contributed by atoms with E-state index in [0.717, 1.165) is 11.3 Å². The van der Waals surface area contributed by atoms with Crippen molar-refractivity contribution >= 4 is 23.3 Å². The first kappa shape index (κ1) is 19.0. The van der Waals surface area contributed by atoms with Crippen molar-refractivity contribution in [3.05, 3.63) is 60.2 Å². The Kier molecular flexibility index (Phi) is 7.17. The van der Waals surface area contributed by atoms with Gasteiger partial charge in [0, 0.05) is 5.69 Å². The molecule has 0 unspecified atom stereocenters. The molecule has 0 aromatic heterocycles. The lowest BCUT2D eigenvalue weighted by Crippen LogP contribution is -2.27. The number of anilines is 1. The molecular weight excluding hydrogens is 334 g/mol. The number of carbonyl (C=O) groups is 2. The predicted molar refractivity (Wildman–Crippen MR) is 99.5 cm³/mol. The van der Waals surface area contributed by atoms with E-state index >= 15 is 0 Å². The van der Waals surface area contributed by atoms with Crippen molar-refractivity contribution in [3.63, 3.8) is 0 Å². The molecule has 0 radical (unpaired) electrons. The van der Waals surface area contributed by atoms with Crippen molar-refractivity contribution in [2.45, 2.75) is 13.3 Å². The van der Waals surface area contributed by atoms with Crippen molar-refractivity contribution in [1.82, 2.24) is 5.43 Å². The summed E-state index contributed by atoms with van der Waals surface area (Å²) in [4.78, 5) is 22.4. The molecule has 7 nitrogen and oxygen atoms in total. The molecule has 0 saturated carbocycles. The van der Waals surface area contributed by atoms with Crippen LogP contribution in [0.5, 0.6) is 5.75 Å². The van der Waals surface area contributed by atoms with Crippen LogP contribution in [0.15, 0.2) is 59.7 Å². The molecule has 2 aromatic rings. The van der Waals surface area contributed by atoms with Crippen molar-refractivity contribution < 1.29 is 19.4 Å². The van der Waals surface area contributed by atoms with Gasteiger partial charge in [0.25, 0.3) is 5.91 Å². The monoisotopic (exact) mass is 355 g/mol. The maximum Gasteiger partial charge on any atom is 0.341 e. The molecule has 0 heterocycles. The Labute approximate surface area is 151 Å². The smallest absolute Gasteiger partial charge is 0.341 e. The molecule has 136 valence electrons. The minimum absolute atomic E-state index is 0.118. The number of carboxylic acid groups (broad SMARTS) is 1. The van der Waals surface area contributed by atoms with E-state index in [1.807, 2.05) is 37.3 Å². The summed E-state index contributed by atoms with van der Waals surface area (Å²) >= 11 is 0. The van der Waals surface area contributed by atoms with E-state index in [4.69, 9.17) is 9.84 Å². The molecule has 0 bridgehead atoms. The average Bonchev–Trinajstić information content (AvgIpc) is 2.67. The summed E-state index contributed by atoms with van der Waals surface area (Å²) in [5, 5.41) is 15.8. The van der Waals surface area contributed by atoms with Crippen LogP contribution in [0.25, 0.3) is 0 Å². The first-order chi connectivity index (χ1) is 12.6. The number of para-hydroxylation sites is 1. The van der Waals surface area contributed by atoms with Gasteiger partial charge in [-0.3, -0.25) is 4.79 Å². The fraction of sp³-hybridized carbons (Fsp3) is 0.211. The van der Waals surface area contributed by atoms with Crippen LogP contribution >= 0.6 is 0 Å². The predicted octanol–water partition coefficient (Wildman–Crippen LogP) is 2.49. The number of rotatable bonds is 9. The van der Waals surface area contributed by atoms with Crippen LogP contribution in [0.3, 0.4) is 0 Å². The molecule has 2 aromatic carbocycles. The van der Waals surface area contributed by atoms with E-state index in [-0.39, 0.29) is 12.5 Å². The number of hydrazone groups is 1. The van der Waals surface area contributed by atoms with Gasteiger partial charge in [0.05, 0.1) is 12.3 Å². The van der Waals surface area contributed by atoms with E-state index in [0.29, 0.717) is 17.9 Å². The summed E-state index contributed by atoms with van der Waals surface area (Å²) in [5.74, 6) is -0.819. The highest BCUT2D eigenvalue weighted by molar-refractivity contribution is 6.01. The number of amides is 1. The van der Waals surface area contributed by atoms with Crippen LogP contribution in [-0.4, -0.2) is 35.8 Å². The average molecular weight is 355 g/mol. The molecule has 0 spiro atoms. The van der Waals surface area contributed by atoms with Crippen LogP contribution in [-0.2, 0) is 9.59 Å². The van der Waals surface area contributed by atoms with Crippen LogP contribution in [0.2, 0.25) is 0 Å². The number of aliphatic carboxylic acids is 1. The fourth-order valence-corrected chi connectivity index (χ4v) is 2.14. The normalized spacial score (nSPS) is 10.9. The number of ether oxygens (including phenoxy) is 1. The Bertz CT molecular complexity index is 758. The molecule has 2 rings (SSSR count). The number of nitrogens with zero attached hydrogens (tertiary/aromatic N) is 1. The van der Waals surface area contributed by atoms with Crippen LogP contribution in [0.1, 0.15) is 18.9 Å². The van der Waals surface area contributed by atoms with Gasteiger partial charge in [-0.25, -0.2) is 10.2 Å². The first-order valence-corrected chi connectivity index (χ1v) is 8.18. The third kappa shape index (κ3) is 6.27. The Balaban J connectivity index is 1.90. The van der Waals surface area contributed by atoms with Crippen LogP contribution in [0.4, 0.5) is 5.69 Å². The van der Waals surface area contributed by atoms with Gasteiger partial charge in [0.2, 0.25) is 0 Å². The lowest BCUT2D eigenvalue weighted by atomic mass is 10.1. The molecule has 0 saturated heterocycles. The van der Waals surface area contributed by atoms with E-state index < -0.39 is 12.6 Å². The van der Waals surface area contributed by atoms with Crippen molar-refractivity contribution in [3.8, 4) is 5.75 Å². The largest absolute Gasteiger partial charge is 0.482 e. The van der Waals surface area contributed by atoms with Gasteiger partial charge in [-0.1, -0.05) is 25.1 Å². The quantitative estimate of drug-likeness (QED) is 0.474. The van der Waals surface area contributed by atoms with Crippen molar-refractivity contribution in [1.29, 1.82) is 0 Å². The Morgan fingerprint density at radius 2 is 1.77 bits per heavy atom.